The predicted octanol–water partition coefficient (Wildman–Crippen LogP) is 1.70. The van der Waals surface area contributed by atoms with E-state index in [1.54, 1.807) is 7.05 Å². The van der Waals surface area contributed by atoms with E-state index in [9.17, 15) is 20.0 Å². The molecule has 0 bridgehead atoms. The maximum Gasteiger partial charge on any atom is 0.334 e. The lowest BCUT2D eigenvalue weighted by Gasteiger charge is -2.38. The van der Waals surface area contributed by atoms with Crippen molar-refractivity contribution < 1.29 is 14.8 Å². The Morgan fingerprint density at radius 2 is 2.25 bits per heavy atom. The molecule has 0 atom stereocenters. The molecule has 1 aliphatic rings. The molecule has 0 saturated heterocycles. The van der Waals surface area contributed by atoms with Crippen molar-refractivity contribution in [2.45, 2.75) is 44.6 Å². The third kappa shape index (κ3) is 2.21. The fraction of sp³-hybridized carbons (Fsp3) is 0.667. The molecule has 1 fully saturated rings. The van der Waals surface area contributed by atoms with Gasteiger partial charge in [-0.25, -0.2) is 9.48 Å². The number of aryl methyl sites for hydroxylation is 2. The Kier molecular flexibility index (Phi) is 3.65. The molecule has 1 aliphatic carbocycles. The number of aromatic nitrogens is 2. The van der Waals surface area contributed by atoms with Crippen molar-refractivity contribution in [3.8, 4) is 0 Å². The molecule has 110 valence electrons. The molecule has 0 aliphatic heterocycles. The molecule has 0 radical (unpaired) electrons. The first kappa shape index (κ1) is 14.3. The second-order valence-electron chi connectivity index (χ2n) is 5.14. The van der Waals surface area contributed by atoms with Crippen molar-refractivity contribution in [2.75, 3.05) is 5.32 Å². The summed E-state index contributed by atoms with van der Waals surface area (Å²) in [6.07, 6.45) is 2.96. The standard InChI is InChI=1S/C12H18N4O4/c1-3-5-8-9(16(19)20)10(15(2)14-8)13-12(11(17)18)6-4-7-12/h13H,3-7H2,1-2H3,(H,17,18). The van der Waals surface area contributed by atoms with E-state index in [0.29, 0.717) is 25.0 Å². The summed E-state index contributed by atoms with van der Waals surface area (Å²) in [6, 6.07) is 0. The summed E-state index contributed by atoms with van der Waals surface area (Å²) in [4.78, 5) is 22.1. The fourth-order valence-corrected chi connectivity index (χ4v) is 2.45. The second kappa shape index (κ2) is 5.10. The Morgan fingerprint density at radius 3 is 2.65 bits per heavy atom. The molecule has 8 nitrogen and oxygen atoms in total. The van der Waals surface area contributed by atoms with E-state index in [4.69, 9.17) is 0 Å². The van der Waals surface area contributed by atoms with E-state index in [-0.39, 0.29) is 11.5 Å². The average Bonchev–Trinajstić information content (AvgIpc) is 2.60. The van der Waals surface area contributed by atoms with Gasteiger partial charge in [0.25, 0.3) is 0 Å². The number of carbonyl (C=O) groups is 1. The van der Waals surface area contributed by atoms with Crippen LogP contribution in [0.5, 0.6) is 0 Å². The van der Waals surface area contributed by atoms with Crippen LogP contribution in [0.1, 0.15) is 38.3 Å². The van der Waals surface area contributed by atoms with Gasteiger partial charge in [-0.15, -0.1) is 0 Å². The zero-order valence-corrected chi connectivity index (χ0v) is 11.5. The van der Waals surface area contributed by atoms with E-state index in [1.165, 1.54) is 4.68 Å². The Labute approximate surface area is 115 Å². The minimum Gasteiger partial charge on any atom is -0.480 e. The number of carboxylic acid groups (broad SMARTS) is 1. The molecule has 1 heterocycles. The molecule has 20 heavy (non-hydrogen) atoms. The van der Waals surface area contributed by atoms with E-state index < -0.39 is 16.4 Å². The van der Waals surface area contributed by atoms with Crippen LogP contribution in [-0.4, -0.2) is 31.3 Å². The summed E-state index contributed by atoms with van der Waals surface area (Å²) in [7, 11) is 1.59. The Morgan fingerprint density at radius 1 is 1.60 bits per heavy atom. The largest absolute Gasteiger partial charge is 0.480 e. The minimum atomic E-state index is -1.10. The van der Waals surface area contributed by atoms with Gasteiger partial charge in [-0.2, -0.15) is 5.10 Å². The fourth-order valence-electron chi connectivity index (χ4n) is 2.45. The Hall–Kier alpha value is -2.12. The predicted molar refractivity (Wildman–Crippen MR) is 71.7 cm³/mol. The van der Waals surface area contributed by atoms with E-state index in [1.807, 2.05) is 6.92 Å². The minimum absolute atomic E-state index is 0.109. The zero-order valence-electron chi connectivity index (χ0n) is 11.5. The lowest BCUT2D eigenvalue weighted by Crippen LogP contribution is -2.52. The van der Waals surface area contributed by atoms with Crippen LogP contribution in [0.3, 0.4) is 0 Å². The van der Waals surface area contributed by atoms with Crippen LogP contribution in [0.2, 0.25) is 0 Å². The normalized spacial score (nSPS) is 16.5. The molecule has 0 amide bonds. The van der Waals surface area contributed by atoms with Crippen molar-refractivity contribution in [2.24, 2.45) is 7.05 Å². The molecule has 0 spiro atoms. The van der Waals surface area contributed by atoms with Gasteiger partial charge in [0.2, 0.25) is 5.82 Å². The van der Waals surface area contributed by atoms with E-state index in [0.717, 1.165) is 12.8 Å². The van der Waals surface area contributed by atoms with Gasteiger partial charge >= 0.3 is 11.7 Å². The quantitative estimate of drug-likeness (QED) is 0.607. The highest BCUT2D eigenvalue weighted by Gasteiger charge is 2.46. The van der Waals surface area contributed by atoms with Gasteiger partial charge in [0.05, 0.1) is 4.92 Å². The highest BCUT2D eigenvalue weighted by Crippen LogP contribution is 2.39. The van der Waals surface area contributed by atoms with E-state index in [2.05, 4.69) is 10.4 Å². The topological polar surface area (TPSA) is 110 Å². The molecule has 0 aromatic carbocycles. The molecule has 1 aromatic heterocycles. The molecule has 8 heteroatoms. The second-order valence-corrected chi connectivity index (χ2v) is 5.14. The van der Waals surface area contributed by atoms with Gasteiger partial charge in [-0.1, -0.05) is 13.3 Å². The lowest BCUT2D eigenvalue weighted by atomic mass is 9.77. The zero-order chi connectivity index (χ0) is 14.9. The number of carboxylic acids is 1. The van der Waals surface area contributed by atoms with Crippen LogP contribution < -0.4 is 5.32 Å². The summed E-state index contributed by atoms with van der Waals surface area (Å²) < 4.78 is 1.37. The van der Waals surface area contributed by atoms with E-state index >= 15 is 0 Å². The Balaban J connectivity index is 2.40. The monoisotopic (exact) mass is 282 g/mol. The van der Waals surface area contributed by atoms with Gasteiger partial charge < -0.3 is 10.4 Å². The van der Waals surface area contributed by atoms with Crippen molar-refractivity contribution in [3.63, 3.8) is 0 Å². The molecule has 1 saturated carbocycles. The van der Waals surface area contributed by atoms with Gasteiger partial charge in [-0.05, 0) is 25.7 Å². The first-order valence-electron chi connectivity index (χ1n) is 6.63. The first-order valence-corrected chi connectivity index (χ1v) is 6.63. The number of anilines is 1. The summed E-state index contributed by atoms with van der Waals surface area (Å²) in [5.41, 5.74) is -0.813. The number of nitro groups is 1. The summed E-state index contributed by atoms with van der Waals surface area (Å²) in [5, 5.41) is 27.6. The van der Waals surface area contributed by atoms with Gasteiger partial charge in [0, 0.05) is 7.05 Å². The van der Waals surface area contributed by atoms with Crippen LogP contribution in [0.15, 0.2) is 0 Å². The maximum absolute atomic E-state index is 11.4. The van der Waals surface area contributed by atoms with Crippen molar-refractivity contribution >= 4 is 17.5 Å². The van der Waals surface area contributed by atoms with Gasteiger partial charge in [-0.3, -0.25) is 10.1 Å². The smallest absolute Gasteiger partial charge is 0.334 e. The van der Waals surface area contributed by atoms with Crippen LogP contribution in [-0.2, 0) is 18.3 Å². The van der Waals surface area contributed by atoms with Crippen LogP contribution in [0.25, 0.3) is 0 Å². The SMILES string of the molecule is CCCc1nn(C)c(NC2(C(=O)O)CCC2)c1[N+](=O)[O-]. The Bertz CT molecular complexity index is 548. The summed E-state index contributed by atoms with van der Waals surface area (Å²) in [6.45, 7) is 1.91. The first-order chi connectivity index (χ1) is 9.41. The summed E-state index contributed by atoms with van der Waals surface area (Å²) in [5.74, 6) is -0.795. The van der Waals surface area contributed by atoms with Crippen LogP contribution in [0.4, 0.5) is 11.5 Å². The third-order valence-electron chi connectivity index (χ3n) is 3.74. The third-order valence-corrected chi connectivity index (χ3v) is 3.74. The highest BCUT2D eigenvalue weighted by molar-refractivity contribution is 5.84. The number of aliphatic carboxylic acids is 1. The molecule has 0 unspecified atom stereocenters. The lowest BCUT2D eigenvalue weighted by molar-refractivity contribution is -0.384. The van der Waals surface area contributed by atoms with Crippen LogP contribution in [0, 0.1) is 10.1 Å². The number of rotatable bonds is 6. The molecule has 1 aromatic rings. The highest BCUT2D eigenvalue weighted by atomic mass is 16.6. The van der Waals surface area contributed by atoms with Gasteiger partial charge in [0.1, 0.15) is 11.2 Å². The maximum atomic E-state index is 11.4. The van der Waals surface area contributed by atoms with Gasteiger partial charge in [0.15, 0.2) is 0 Å². The van der Waals surface area contributed by atoms with Crippen molar-refractivity contribution in [3.05, 3.63) is 15.8 Å². The molecule has 2 rings (SSSR count). The van der Waals surface area contributed by atoms with Crippen molar-refractivity contribution in [1.29, 1.82) is 0 Å². The number of nitrogens with one attached hydrogen (secondary N) is 1. The van der Waals surface area contributed by atoms with Crippen LogP contribution >= 0.6 is 0 Å². The molecular weight excluding hydrogens is 264 g/mol. The molecule has 2 N–H and O–H groups in total. The molecular formula is C12H18N4O4. The average molecular weight is 282 g/mol. The number of hydrogen-bond donors (Lipinski definition) is 2. The van der Waals surface area contributed by atoms with Crippen molar-refractivity contribution in [1.82, 2.24) is 9.78 Å². The summed E-state index contributed by atoms with van der Waals surface area (Å²) >= 11 is 0. The number of hydrogen-bond acceptors (Lipinski definition) is 5. The number of nitrogens with zero attached hydrogens (tertiary/aromatic N) is 3.